The number of carbonyl (C=O) groups excluding carboxylic acids is 1. The lowest BCUT2D eigenvalue weighted by atomic mass is 10.1. The van der Waals surface area contributed by atoms with Crippen LogP contribution in [-0.4, -0.2) is 21.0 Å². The van der Waals surface area contributed by atoms with Gasteiger partial charge in [0.25, 0.3) is 5.91 Å². The third-order valence-electron chi connectivity index (χ3n) is 3.79. The number of nitrogens with zero attached hydrogens (tertiary/aromatic N) is 4. The summed E-state index contributed by atoms with van der Waals surface area (Å²) in [6.45, 7) is 1.01. The van der Waals surface area contributed by atoms with Crippen LogP contribution in [0.4, 0.5) is 0 Å². The summed E-state index contributed by atoms with van der Waals surface area (Å²) in [5.74, 6) is -0.976. The van der Waals surface area contributed by atoms with Crippen LogP contribution in [-0.2, 0) is 19.6 Å². The molecule has 116 valence electrons. The van der Waals surface area contributed by atoms with Gasteiger partial charge in [0.15, 0.2) is 11.5 Å². The lowest BCUT2D eigenvalue weighted by Crippen LogP contribution is -2.23. The van der Waals surface area contributed by atoms with Crippen molar-refractivity contribution in [2.24, 2.45) is 5.11 Å². The maximum absolute atomic E-state index is 12.4. The van der Waals surface area contributed by atoms with Crippen molar-refractivity contribution in [2.45, 2.75) is 19.6 Å². The Morgan fingerprint density at radius 1 is 1.22 bits per heavy atom. The Labute approximate surface area is 132 Å². The standard InChI is InChI=1S/C16H14N4O3/c17-19-18-7-10-2-1-3-11(6-10)8-20-9-12-4-5-13(21)15(22)14(12)16(20)23/h1-6,21-22H,7-9H2. The second kappa shape index (κ2) is 5.90. The molecule has 0 unspecified atom stereocenters. The molecule has 0 fully saturated rings. The Morgan fingerprint density at radius 3 is 2.78 bits per heavy atom. The predicted octanol–water partition coefficient (Wildman–Crippen LogP) is 3.06. The number of hydrogen-bond acceptors (Lipinski definition) is 4. The molecule has 1 heterocycles. The highest BCUT2D eigenvalue weighted by Crippen LogP contribution is 2.37. The molecule has 0 radical (unpaired) electrons. The van der Waals surface area contributed by atoms with E-state index in [0.717, 1.165) is 11.1 Å². The lowest BCUT2D eigenvalue weighted by Gasteiger charge is -2.16. The molecular weight excluding hydrogens is 296 g/mol. The molecule has 7 heteroatoms. The molecule has 1 aliphatic rings. The molecule has 0 bridgehead atoms. The summed E-state index contributed by atoms with van der Waals surface area (Å²) >= 11 is 0. The number of carbonyl (C=O) groups is 1. The van der Waals surface area contributed by atoms with Gasteiger partial charge in [-0.25, -0.2) is 0 Å². The number of phenolic OH excluding ortho intramolecular Hbond substituents is 2. The van der Waals surface area contributed by atoms with E-state index in [0.29, 0.717) is 18.7 Å². The summed E-state index contributed by atoms with van der Waals surface area (Å²) in [6, 6.07) is 10.5. The summed E-state index contributed by atoms with van der Waals surface area (Å²) in [7, 11) is 0. The van der Waals surface area contributed by atoms with E-state index in [9.17, 15) is 15.0 Å². The van der Waals surface area contributed by atoms with Gasteiger partial charge in [-0.2, -0.15) is 0 Å². The van der Waals surface area contributed by atoms with Crippen molar-refractivity contribution in [1.82, 2.24) is 4.90 Å². The molecule has 1 aliphatic heterocycles. The smallest absolute Gasteiger partial charge is 0.258 e. The number of phenols is 2. The molecule has 1 amide bonds. The third kappa shape index (κ3) is 2.77. The first-order valence-electron chi connectivity index (χ1n) is 7.02. The Morgan fingerprint density at radius 2 is 2.00 bits per heavy atom. The van der Waals surface area contributed by atoms with Gasteiger partial charge in [0.05, 0.1) is 12.1 Å². The molecule has 0 atom stereocenters. The van der Waals surface area contributed by atoms with Crippen LogP contribution < -0.4 is 0 Å². The van der Waals surface area contributed by atoms with Crippen LogP contribution in [0.3, 0.4) is 0 Å². The topological polar surface area (TPSA) is 110 Å². The van der Waals surface area contributed by atoms with Crippen LogP contribution in [0.1, 0.15) is 27.0 Å². The van der Waals surface area contributed by atoms with Crippen LogP contribution >= 0.6 is 0 Å². The molecule has 2 N–H and O–H groups in total. The molecule has 3 rings (SSSR count). The number of azide groups is 1. The van der Waals surface area contributed by atoms with Crippen molar-refractivity contribution in [3.8, 4) is 11.5 Å². The quantitative estimate of drug-likeness (QED) is 0.392. The SMILES string of the molecule is [N-]=[N+]=NCc1cccc(CN2Cc3ccc(O)c(O)c3C2=O)c1. The highest BCUT2D eigenvalue weighted by molar-refractivity contribution is 6.01. The molecule has 0 aromatic heterocycles. The summed E-state index contributed by atoms with van der Waals surface area (Å²) < 4.78 is 0. The minimum absolute atomic E-state index is 0.162. The number of benzene rings is 2. The maximum Gasteiger partial charge on any atom is 0.258 e. The van der Waals surface area contributed by atoms with Crippen LogP contribution in [0.5, 0.6) is 11.5 Å². The fraction of sp³-hybridized carbons (Fsp3) is 0.188. The largest absolute Gasteiger partial charge is 0.504 e. The highest BCUT2D eigenvalue weighted by atomic mass is 16.3. The molecule has 0 spiro atoms. The number of rotatable bonds is 4. The summed E-state index contributed by atoms with van der Waals surface area (Å²) in [5.41, 5.74) is 11.0. The number of fused-ring (bicyclic) bond motifs is 1. The Kier molecular flexibility index (Phi) is 3.78. The average molecular weight is 310 g/mol. The van der Waals surface area contributed by atoms with Gasteiger partial charge < -0.3 is 15.1 Å². The predicted molar refractivity (Wildman–Crippen MR) is 82.6 cm³/mol. The monoisotopic (exact) mass is 310 g/mol. The number of amides is 1. The summed E-state index contributed by atoms with van der Waals surface area (Å²) in [6.07, 6.45) is 0. The van der Waals surface area contributed by atoms with Gasteiger partial charge in [-0.3, -0.25) is 4.79 Å². The lowest BCUT2D eigenvalue weighted by molar-refractivity contribution is 0.0764. The van der Waals surface area contributed by atoms with Gasteiger partial charge in [0.1, 0.15) is 0 Å². The van der Waals surface area contributed by atoms with Gasteiger partial charge in [0.2, 0.25) is 0 Å². The van der Waals surface area contributed by atoms with E-state index >= 15 is 0 Å². The molecular formula is C16H14N4O3. The van der Waals surface area contributed by atoms with E-state index in [4.69, 9.17) is 5.53 Å². The normalized spacial score (nSPS) is 12.9. The second-order valence-corrected chi connectivity index (χ2v) is 5.34. The van der Waals surface area contributed by atoms with Crippen molar-refractivity contribution in [2.75, 3.05) is 0 Å². The van der Waals surface area contributed by atoms with Crippen molar-refractivity contribution < 1.29 is 15.0 Å². The van der Waals surface area contributed by atoms with Crippen LogP contribution in [0.15, 0.2) is 41.5 Å². The molecule has 0 saturated carbocycles. The van der Waals surface area contributed by atoms with E-state index in [-0.39, 0.29) is 29.5 Å². The first kappa shape index (κ1) is 14.7. The minimum atomic E-state index is -0.368. The molecule has 2 aromatic rings. The first-order valence-corrected chi connectivity index (χ1v) is 7.02. The van der Waals surface area contributed by atoms with Crippen LogP contribution in [0.2, 0.25) is 0 Å². The fourth-order valence-electron chi connectivity index (χ4n) is 2.72. The fourth-order valence-corrected chi connectivity index (χ4v) is 2.72. The third-order valence-corrected chi connectivity index (χ3v) is 3.79. The van der Waals surface area contributed by atoms with Crippen LogP contribution in [0.25, 0.3) is 10.4 Å². The van der Waals surface area contributed by atoms with Gasteiger partial charge in [0, 0.05) is 18.0 Å². The Hall–Kier alpha value is -3.18. The van der Waals surface area contributed by atoms with Crippen molar-refractivity contribution >= 4 is 5.91 Å². The first-order chi connectivity index (χ1) is 11.1. The minimum Gasteiger partial charge on any atom is -0.504 e. The zero-order valence-corrected chi connectivity index (χ0v) is 12.2. The zero-order chi connectivity index (χ0) is 16.4. The molecule has 7 nitrogen and oxygen atoms in total. The highest BCUT2D eigenvalue weighted by Gasteiger charge is 2.31. The van der Waals surface area contributed by atoms with Crippen molar-refractivity contribution in [3.05, 3.63) is 69.1 Å². The van der Waals surface area contributed by atoms with E-state index in [1.165, 1.54) is 6.07 Å². The van der Waals surface area contributed by atoms with E-state index in [1.807, 2.05) is 24.3 Å². The van der Waals surface area contributed by atoms with Crippen molar-refractivity contribution in [1.29, 1.82) is 0 Å². The van der Waals surface area contributed by atoms with Crippen molar-refractivity contribution in [3.63, 3.8) is 0 Å². The second-order valence-electron chi connectivity index (χ2n) is 5.34. The van der Waals surface area contributed by atoms with Crippen LogP contribution in [0, 0.1) is 0 Å². The number of hydrogen-bond donors (Lipinski definition) is 2. The zero-order valence-electron chi connectivity index (χ0n) is 12.2. The summed E-state index contributed by atoms with van der Waals surface area (Å²) in [4.78, 5) is 16.7. The van der Waals surface area contributed by atoms with Gasteiger partial charge in [-0.05, 0) is 28.3 Å². The summed E-state index contributed by atoms with van der Waals surface area (Å²) in [5, 5.41) is 22.9. The number of aromatic hydroxyl groups is 2. The van der Waals surface area contributed by atoms with Gasteiger partial charge in [-0.15, -0.1) is 0 Å². The molecule has 0 saturated heterocycles. The van der Waals surface area contributed by atoms with E-state index in [2.05, 4.69) is 10.0 Å². The van der Waals surface area contributed by atoms with E-state index < -0.39 is 0 Å². The average Bonchev–Trinajstić information content (AvgIpc) is 2.86. The molecule has 2 aromatic carbocycles. The molecule has 0 aliphatic carbocycles. The maximum atomic E-state index is 12.4. The van der Waals surface area contributed by atoms with Gasteiger partial charge >= 0.3 is 0 Å². The van der Waals surface area contributed by atoms with E-state index in [1.54, 1.807) is 11.0 Å². The Bertz CT molecular complexity index is 828. The molecule has 23 heavy (non-hydrogen) atoms. The van der Waals surface area contributed by atoms with Gasteiger partial charge in [-0.1, -0.05) is 35.4 Å². The Balaban J connectivity index is 1.81.